The van der Waals surface area contributed by atoms with Gasteiger partial charge in [0.05, 0.1) is 4.92 Å². The topological polar surface area (TPSA) is 89.8 Å². The Bertz CT molecular complexity index is 1200. The highest BCUT2D eigenvalue weighted by Gasteiger charge is 2.43. The third-order valence-electron chi connectivity index (χ3n) is 7.02. The zero-order chi connectivity index (χ0) is 23.8. The van der Waals surface area contributed by atoms with Crippen LogP contribution in [0.3, 0.4) is 0 Å². The Balaban J connectivity index is 1.54. The van der Waals surface area contributed by atoms with Gasteiger partial charge in [-0.05, 0) is 49.4 Å². The Hall–Kier alpha value is -3.74. The number of benzene rings is 2. The summed E-state index contributed by atoms with van der Waals surface area (Å²) in [7, 11) is 1.98. The van der Waals surface area contributed by atoms with Gasteiger partial charge in [0.25, 0.3) is 5.69 Å². The lowest BCUT2D eigenvalue weighted by Gasteiger charge is -2.42. The molecular weight excluding hydrogens is 432 g/mol. The first kappa shape index (κ1) is 22.1. The summed E-state index contributed by atoms with van der Waals surface area (Å²) < 4.78 is 6.18. The minimum Gasteiger partial charge on any atom is -0.489 e. The van der Waals surface area contributed by atoms with Crippen molar-refractivity contribution in [1.82, 2.24) is 4.90 Å². The lowest BCUT2D eigenvalue weighted by Crippen LogP contribution is -2.37. The molecule has 5 rings (SSSR count). The Morgan fingerprint density at radius 2 is 1.50 bits per heavy atom. The number of nitro benzene ring substituents is 1. The van der Waals surface area contributed by atoms with Crippen LogP contribution in [0, 0.1) is 10.1 Å². The van der Waals surface area contributed by atoms with E-state index in [2.05, 4.69) is 4.90 Å². The van der Waals surface area contributed by atoms with E-state index in [0.717, 1.165) is 59.4 Å². The zero-order valence-corrected chi connectivity index (χ0v) is 19.1. The van der Waals surface area contributed by atoms with Crippen LogP contribution in [0.15, 0.2) is 71.1 Å². The number of nitro groups is 1. The van der Waals surface area contributed by atoms with Crippen LogP contribution >= 0.6 is 0 Å². The summed E-state index contributed by atoms with van der Waals surface area (Å²) in [5.74, 6) is 0.405. The van der Waals surface area contributed by atoms with Crippen molar-refractivity contribution >= 4 is 17.3 Å². The molecule has 0 aromatic heterocycles. The maximum atomic E-state index is 13.2. The van der Waals surface area contributed by atoms with Gasteiger partial charge in [0, 0.05) is 66.0 Å². The Labute approximate surface area is 197 Å². The highest BCUT2D eigenvalue weighted by atomic mass is 16.6. The molecule has 0 spiro atoms. The predicted molar refractivity (Wildman–Crippen MR) is 126 cm³/mol. The standard InChI is InChI=1S/C27H26N2O5/c1-28-20-7-4-9-22(30)26(20)25(27-21(28)8-5-10-23(27)31)19-6-2-3-11-24(19)34-16-17-12-14-18(15-13-17)29(32)33/h2-3,6,11-15,25H,4-5,7-10,16H2,1H3. The van der Waals surface area contributed by atoms with Crippen LogP contribution in [-0.2, 0) is 16.2 Å². The number of hydrogen-bond acceptors (Lipinski definition) is 6. The number of rotatable bonds is 5. The van der Waals surface area contributed by atoms with Crippen molar-refractivity contribution in [3.05, 3.63) is 92.3 Å². The molecule has 0 saturated carbocycles. The van der Waals surface area contributed by atoms with Crippen molar-refractivity contribution in [2.45, 2.75) is 51.0 Å². The second kappa shape index (κ2) is 8.89. The summed E-state index contributed by atoms with van der Waals surface area (Å²) in [6.45, 7) is 0.224. The van der Waals surface area contributed by atoms with E-state index in [1.807, 2.05) is 31.3 Å². The summed E-state index contributed by atoms with van der Waals surface area (Å²) in [4.78, 5) is 39.0. The SMILES string of the molecule is CN1C2=C(C(=O)CCC2)C(c2ccccc2OCc2ccc([N+](=O)[O-])cc2)C2=C1CCCC2=O. The normalized spacial score (nSPS) is 18.7. The van der Waals surface area contributed by atoms with E-state index in [0.29, 0.717) is 18.6 Å². The second-order valence-electron chi connectivity index (χ2n) is 9.02. The molecule has 2 aromatic rings. The third-order valence-corrected chi connectivity index (χ3v) is 7.02. The van der Waals surface area contributed by atoms with Crippen molar-refractivity contribution in [2.24, 2.45) is 0 Å². The van der Waals surface area contributed by atoms with Crippen molar-refractivity contribution in [2.75, 3.05) is 7.05 Å². The molecule has 174 valence electrons. The summed E-state index contributed by atoms with van der Waals surface area (Å²) in [5, 5.41) is 10.9. The van der Waals surface area contributed by atoms with E-state index in [4.69, 9.17) is 4.74 Å². The summed E-state index contributed by atoms with van der Waals surface area (Å²) in [6, 6.07) is 13.8. The molecule has 1 aliphatic heterocycles. The number of nitrogens with zero attached hydrogens (tertiary/aromatic N) is 2. The highest BCUT2D eigenvalue weighted by molar-refractivity contribution is 6.06. The molecule has 34 heavy (non-hydrogen) atoms. The molecule has 2 aliphatic carbocycles. The molecule has 0 unspecified atom stereocenters. The van der Waals surface area contributed by atoms with E-state index in [-0.39, 0.29) is 23.9 Å². The van der Waals surface area contributed by atoms with E-state index >= 15 is 0 Å². The molecule has 0 N–H and O–H groups in total. The number of carbonyl (C=O) groups excluding carboxylic acids is 2. The number of Topliss-reactive ketones (excluding diaryl/α,β-unsaturated/α-hetero) is 2. The van der Waals surface area contributed by atoms with Crippen molar-refractivity contribution in [3.63, 3.8) is 0 Å². The van der Waals surface area contributed by atoms with Gasteiger partial charge in [0.15, 0.2) is 11.6 Å². The molecular formula is C27H26N2O5. The molecule has 1 heterocycles. The van der Waals surface area contributed by atoms with Crippen molar-refractivity contribution in [1.29, 1.82) is 0 Å². The number of ether oxygens (including phenoxy) is 1. The zero-order valence-electron chi connectivity index (χ0n) is 19.1. The van der Waals surface area contributed by atoms with Gasteiger partial charge in [0.1, 0.15) is 12.4 Å². The maximum Gasteiger partial charge on any atom is 0.269 e. The van der Waals surface area contributed by atoms with Crippen LogP contribution in [0.2, 0.25) is 0 Å². The molecule has 0 atom stereocenters. The summed E-state index contributed by atoms with van der Waals surface area (Å²) in [5.41, 5.74) is 5.16. The maximum absolute atomic E-state index is 13.2. The molecule has 0 radical (unpaired) electrons. The van der Waals surface area contributed by atoms with Gasteiger partial charge < -0.3 is 9.64 Å². The molecule has 0 saturated heterocycles. The molecule has 3 aliphatic rings. The van der Waals surface area contributed by atoms with Gasteiger partial charge in [-0.25, -0.2) is 0 Å². The van der Waals surface area contributed by atoms with E-state index in [1.165, 1.54) is 12.1 Å². The van der Waals surface area contributed by atoms with Crippen molar-refractivity contribution < 1.29 is 19.2 Å². The highest BCUT2D eigenvalue weighted by Crippen LogP contribution is 2.50. The van der Waals surface area contributed by atoms with Crippen molar-refractivity contribution in [3.8, 4) is 5.75 Å². The lowest BCUT2D eigenvalue weighted by atomic mass is 9.71. The molecule has 7 heteroatoms. The number of para-hydroxylation sites is 1. The van der Waals surface area contributed by atoms with Crippen LogP contribution < -0.4 is 4.74 Å². The van der Waals surface area contributed by atoms with E-state index < -0.39 is 10.8 Å². The van der Waals surface area contributed by atoms with Gasteiger partial charge in [-0.15, -0.1) is 0 Å². The van der Waals surface area contributed by atoms with Gasteiger partial charge in [-0.1, -0.05) is 18.2 Å². The molecule has 0 bridgehead atoms. The van der Waals surface area contributed by atoms with Crippen LogP contribution in [0.25, 0.3) is 0 Å². The second-order valence-corrected chi connectivity index (χ2v) is 9.02. The van der Waals surface area contributed by atoms with E-state index in [9.17, 15) is 19.7 Å². The van der Waals surface area contributed by atoms with Gasteiger partial charge >= 0.3 is 0 Å². The lowest BCUT2D eigenvalue weighted by molar-refractivity contribution is -0.384. The Kier molecular flexibility index (Phi) is 5.77. The van der Waals surface area contributed by atoms with Crippen LogP contribution in [-0.4, -0.2) is 28.4 Å². The van der Waals surface area contributed by atoms with Gasteiger partial charge in [0.2, 0.25) is 0 Å². The average molecular weight is 459 g/mol. The first-order chi connectivity index (χ1) is 16.5. The number of ketones is 2. The van der Waals surface area contributed by atoms with E-state index in [1.54, 1.807) is 12.1 Å². The number of carbonyl (C=O) groups is 2. The Morgan fingerprint density at radius 1 is 0.912 bits per heavy atom. The third kappa shape index (κ3) is 3.81. The van der Waals surface area contributed by atoms with Crippen LogP contribution in [0.4, 0.5) is 5.69 Å². The number of hydrogen-bond donors (Lipinski definition) is 0. The largest absolute Gasteiger partial charge is 0.489 e. The first-order valence-corrected chi connectivity index (χ1v) is 11.7. The van der Waals surface area contributed by atoms with Crippen LogP contribution in [0.1, 0.15) is 55.6 Å². The molecule has 0 fully saturated rings. The average Bonchev–Trinajstić information content (AvgIpc) is 2.84. The predicted octanol–water partition coefficient (Wildman–Crippen LogP) is 5.22. The monoisotopic (exact) mass is 458 g/mol. The van der Waals surface area contributed by atoms with Gasteiger partial charge in [-0.3, -0.25) is 19.7 Å². The quantitative estimate of drug-likeness (QED) is 0.451. The Morgan fingerprint density at radius 3 is 2.09 bits per heavy atom. The smallest absolute Gasteiger partial charge is 0.269 e. The van der Waals surface area contributed by atoms with Crippen LogP contribution in [0.5, 0.6) is 5.75 Å². The summed E-state index contributed by atoms with van der Waals surface area (Å²) >= 11 is 0. The minimum absolute atomic E-state index is 0.0287. The summed E-state index contributed by atoms with van der Waals surface area (Å²) in [6.07, 6.45) is 4.28. The first-order valence-electron chi connectivity index (χ1n) is 11.7. The number of non-ortho nitro benzene ring substituents is 1. The fourth-order valence-corrected chi connectivity index (χ4v) is 5.39. The minimum atomic E-state index is -0.432. The fourth-order valence-electron chi connectivity index (χ4n) is 5.39. The fraction of sp³-hybridized carbons (Fsp3) is 0.333. The van der Waals surface area contributed by atoms with Gasteiger partial charge in [-0.2, -0.15) is 0 Å². The molecule has 0 amide bonds. The number of allylic oxidation sites excluding steroid dienone is 4. The molecule has 2 aromatic carbocycles. The molecule has 7 nitrogen and oxygen atoms in total.